The first kappa shape index (κ1) is 16.1. The number of rotatable bonds is 3. The van der Waals surface area contributed by atoms with E-state index >= 15 is 0 Å². The molecule has 3 nitrogen and oxygen atoms in total. The van der Waals surface area contributed by atoms with E-state index in [9.17, 15) is 9.59 Å². The summed E-state index contributed by atoms with van der Waals surface area (Å²) in [7, 11) is 1.42. The molecule has 0 radical (unpaired) electrons. The molecule has 1 unspecified atom stereocenters. The Balaban J connectivity index is 1.65. The number of esters is 1. The number of hydrogen-bond acceptors (Lipinski definition) is 3. The molecule has 0 bridgehead atoms. The number of fused-ring (bicyclic) bond motifs is 2. The quantitative estimate of drug-likeness (QED) is 0.634. The van der Waals surface area contributed by atoms with Crippen LogP contribution in [0.25, 0.3) is 0 Å². The van der Waals surface area contributed by atoms with Crippen LogP contribution in [0.5, 0.6) is 0 Å². The van der Waals surface area contributed by atoms with Crippen molar-refractivity contribution in [3.8, 4) is 0 Å². The SMILES string of the molecule is CCc1cc2c(cc1C=O)CC1(Cc3ccc(C(=O)OC)cc3C1)C2. The van der Waals surface area contributed by atoms with Gasteiger partial charge in [-0.25, -0.2) is 4.79 Å². The van der Waals surface area contributed by atoms with Crippen LogP contribution >= 0.6 is 0 Å². The summed E-state index contributed by atoms with van der Waals surface area (Å²) >= 11 is 0. The van der Waals surface area contributed by atoms with Crippen LogP contribution in [0.1, 0.15) is 55.5 Å². The van der Waals surface area contributed by atoms with Crippen LogP contribution in [-0.4, -0.2) is 19.4 Å². The zero-order valence-electron chi connectivity index (χ0n) is 14.7. The van der Waals surface area contributed by atoms with E-state index in [-0.39, 0.29) is 11.4 Å². The van der Waals surface area contributed by atoms with E-state index in [1.54, 1.807) is 0 Å². The summed E-state index contributed by atoms with van der Waals surface area (Å²) < 4.78 is 4.84. The molecule has 0 aliphatic heterocycles. The van der Waals surface area contributed by atoms with E-state index in [2.05, 4.69) is 25.1 Å². The van der Waals surface area contributed by atoms with Crippen molar-refractivity contribution in [1.82, 2.24) is 0 Å². The lowest BCUT2D eigenvalue weighted by molar-refractivity contribution is 0.0600. The predicted octanol–water partition coefficient (Wildman–Crippen LogP) is 3.73. The van der Waals surface area contributed by atoms with Crippen LogP contribution in [-0.2, 0) is 36.8 Å². The highest BCUT2D eigenvalue weighted by molar-refractivity contribution is 5.89. The van der Waals surface area contributed by atoms with Crippen molar-refractivity contribution in [1.29, 1.82) is 0 Å². The zero-order valence-corrected chi connectivity index (χ0v) is 14.7. The number of ether oxygens (including phenoxy) is 1. The topological polar surface area (TPSA) is 43.4 Å². The summed E-state index contributed by atoms with van der Waals surface area (Å²) in [4.78, 5) is 23.2. The van der Waals surface area contributed by atoms with Gasteiger partial charge in [-0.3, -0.25) is 4.79 Å². The Morgan fingerprint density at radius 3 is 2.32 bits per heavy atom. The highest BCUT2D eigenvalue weighted by atomic mass is 16.5. The molecular weight excluding hydrogens is 312 g/mol. The summed E-state index contributed by atoms with van der Waals surface area (Å²) in [6.07, 6.45) is 5.95. The molecule has 4 rings (SSSR count). The Bertz CT molecular complexity index is 881. The molecule has 0 aromatic heterocycles. The molecule has 2 aromatic carbocycles. The Hall–Kier alpha value is -2.42. The lowest BCUT2D eigenvalue weighted by Gasteiger charge is -2.21. The Kier molecular flexibility index (Phi) is 3.75. The van der Waals surface area contributed by atoms with Crippen molar-refractivity contribution < 1.29 is 14.3 Å². The van der Waals surface area contributed by atoms with Gasteiger partial charge in [0.25, 0.3) is 0 Å². The minimum absolute atomic E-state index is 0.200. The fourth-order valence-electron chi connectivity index (χ4n) is 4.70. The van der Waals surface area contributed by atoms with Crippen LogP contribution < -0.4 is 0 Å². The van der Waals surface area contributed by atoms with Gasteiger partial charge in [0, 0.05) is 5.56 Å². The van der Waals surface area contributed by atoms with Crippen molar-refractivity contribution >= 4 is 12.3 Å². The maximum atomic E-state index is 11.8. The number of hydrogen-bond donors (Lipinski definition) is 0. The molecule has 128 valence electrons. The summed E-state index contributed by atoms with van der Waals surface area (Å²) in [5.74, 6) is -0.276. The molecule has 2 aromatic rings. The second-order valence-electron chi connectivity index (χ2n) is 7.47. The van der Waals surface area contributed by atoms with Crippen molar-refractivity contribution in [2.75, 3.05) is 7.11 Å². The van der Waals surface area contributed by atoms with Gasteiger partial charge < -0.3 is 4.74 Å². The van der Waals surface area contributed by atoms with Crippen molar-refractivity contribution in [2.24, 2.45) is 5.41 Å². The molecular formula is C22H22O3. The molecule has 3 heteroatoms. The number of aryl methyl sites for hydroxylation is 1. The third-order valence-corrected chi connectivity index (χ3v) is 5.86. The van der Waals surface area contributed by atoms with Crippen LogP contribution in [0, 0.1) is 5.41 Å². The molecule has 2 aliphatic rings. The van der Waals surface area contributed by atoms with Crippen LogP contribution in [0.4, 0.5) is 0 Å². The molecule has 0 N–H and O–H groups in total. The molecule has 25 heavy (non-hydrogen) atoms. The largest absolute Gasteiger partial charge is 0.465 e. The monoisotopic (exact) mass is 334 g/mol. The third kappa shape index (κ3) is 2.58. The van der Waals surface area contributed by atoms with Gasteiger partial charge in [0.05, 0.1) is 12.7 Å². The second-order valence-corrected chi connectivity index (χ2v) is 7.47. The molecule has 2 aliphatic carbocycles. The van der Waals surface area contributed by atoms with Gasteiger partial charge in [-0.1, -0.05) is 19.1 Å². The van der Waals surface area contributed by atoms with Gasteiger partial charge >= 0.3 is 5.97 Å². The first-order valence-electron chi connectivity index (χ1n) is 8.87. The number of carbonyl (C=O) groups is 2. The van der Waals surface area contributed by atoms with Crippen LogP contribution in [0.3, 0.4) is 0 Å². The smallest absolute Gasteiger partial charge is 0.337 e. The lowest BCUT2D eigenvalue weighted by Crippen LogP contribution is -2.21. The first-order valence-corrected chi connectivity index (χ1v) is 8.87. The van der Waals surface area contributed by atoms with E-state index < -0.39 is 0 Å². The van der Waals surface area contributed by atoms with Crippen molar-refractivity contribution in [3.05, 3.63) is 69.3 Å². The first-order chi connectivity index (χ1) is 12.1. The average molecular weight is 334 g/mol. The number of methoxy groups -OCH3 is 1. The predicted molar refractivity (Wildman–Crippen MR) is 96.2 cm³/mol. The number of benzene rings is 2. The third-order valence-electron chi connectivity index (χ3n) is 5.86. The number of aldehydes is 1. The minimum Gasteiger partial charge on any atom is -0.465 e. The van der Waals surface area contributed by atoms with E-state index in [1.807, 2.05) is 12.1 Å². The summed E-state index contributed by atoms with van der Waals surface area (Å²) in [6.45, 7) is 2.10. The van der Waals surface area contributed by atoms with E-state index in [0.717, 1.165) is 49.5 Å². The van der Waals surface area contributed by atoms with Gasteiger partial charge in [-0.05, 0) is 83.5 Å². The average Bonchev–Trinajstić information content (AvgIpc) is 3.16. The summed E-state index contributed by atoms with van der Waals surface area (Å²) in [6, 6.07) is 10.3. The molecule has 0 fully saturated rings. The van der Waals surface area contributed by atoms with Gasteiger partial charge in [-0.2, -0.15) is 0 Å². The van der Waals surface area contributed by atoms with Gasteiger partial charge in [0.2, 0.25) is 0 Å². The Morgan fingerprint density at radius 1 is 1.04 bits per heavy atom. The molecule has 0 saturated carbocycles. The van der Waals surface area contributed by atoms with Crippen LogP contribution in [0.15, 0.2) is 30.3 Å². The fourth-order valence-corrected chi connectivity index (χ4v) is 4.70. The van der Waals surface area contributed by atoms with Crippen LogP contribution in [0.2, 0.25) is 0 Å². The molecule has 0 saturated heterocycles. The molecule has 1 spiro atoms. The minimum atomic E-state index is -0.276. The highest BCUT2D eigenvalue weighted by Gasteiger charge is 2.42. The molecule has 0 heterocycles. The normalized spacial score (nSPS) is 20.4. The lowest BCUT2D eigenvalue weighted by atomic mass is 9.82. The van der Waals surface area contributed by atoms with Gasteiger partial charge in [0.15, 0.2) is 0 Å². The molecule has 0 amide bonds. The second kappa shape index (κ2) is 5.83. The summed E-state index contributed by atoms with van der Waals surface area (Å²) in [5, 5.41) is 0. The maximum Gasteiger partial charge on any atom is 0.337 e. The maximum absolute atomic E-state index is 11.8. The zero-order chi connectivity index (χ0) is 17.6. The summed E-state index contributed by atoms with van der Waals surface area (Å²) in [5.41, 5.74) is 8.13. The Labute approximate surface area is 148 Å². The fraction of sp³-hybridized carbons (Fsp3) is 0.364. The van der Waals surface area contributed by atoms with E-state index in [0.29, 0.717) is 5.56 Å². The molecule has 1 atom stereocenters. The highest BCUT2D eigenvalue weighted by Crippen LogP contribution is 2.47. The number of carbonyl (C=O) groups excluding carboxylic acids is 2. The van der Waals surface area contributed by atoms with E-state index in [1.165, 1.54) is 29.4 Å². The van der Waals surface area contributed by atoms with Gasteiger partial charge in [-0.15, -0.1) is 0 Å². The van der Waals surface area contributed by atoms with Gasteiger partial charge in [0.1, 0.15) is 6.29 Å². The standard InChI is InChI=1S/C22H22O3/c1-3-14-6-18-11-22(12-19(18)8-20(14)13-23)9-16-5-4-15(21(24)25-2)7-17(16)10-22/h4-8,13H,3,9-12H2,1-2H3. The van der Waals surface area contributed by atoms with E-state index in [4.69, 9.17) is 4.74 Å². The van der Waals surface area contributed by atoms with Crippen molar-refractivity contribution in [2.45, 2.75) is 39.0 Å². The van der Waals surface area contributed by atoms with Crippen molar-refractivity contribution in [3.63, 3.8) is 0 Å². The Morgan fingerprint density at radius 2 is 1.68 bits per heavy atom.